The van der Waals surface area contributed by atoms with Gasteiger partial charge in [0.25, 0.3) is 5.91 Å². The number of nitrogens with zero attached hydrogens (tertiary/aromatic N) is 3. The molecule has 0 N–H and O–H groups in total. The summed E-state index contributed by atoms with van der Waals surface area (Å²) < 4.78 is 18.2. The number of benzene rings is 2. The molecule has 0 fully saturated rings. The van der Waals surface area contributed by atoms with E-state index in [0.717, 1.165) is 20.3 Å². The molecule has 9 heteroatoms. The summed E-state index contributed by atoms with van der Waals surface area (Å²) in [6, 6.07) is 9.49. The fourth-order valence-electron chi connectivity index (χ4n) is 3.06. The number of carbonyl (C=O) groups is 1. The molecule has 1 aromatic heterocycles. The topological polar surface area (TPSA) is 64.1 Å². The summed E-state index contributed by atoms with van der Waals surface area (Å²) in [5.41, 5.74) is 1.62. The van der Waals surface area contributed by atoms with E-state index < -0.39 is 0 Å². The van der Waals surface area contributed by atoms with Gasteiger partial charge in [0.05, 0.1) is 31.5 Å². The zero-order valence-corrected chi connectivity index (χ0v) is 21.1. The third kappa shape index (κ3) is 5.59. The number of aromatic nitrogens is 1. The zero-order chi connectivity index (χ0) is 23.3. The zero-order valence-electron chi connectivity index (χ0n) is 18.7. The van der Waals surface area contributed by atoms with Gasteiger partial charge in [-0.2, -0.15) is 0 Å². The van der Waals surface area contributed by atoms with Gasteiger partial charge in [-0.05, 0) is 56.1 Å². The smallest absolute Gasteiger partial charge is 0.252 e. The molecule has 0 atom stereocenters. The number of carbonyl (C=O) groups excluding carboxylic acids is 1. The van der Waals surface area contributed by atoms with Gasteiger partial charge in [0.1, 0.15) is 0 Å². The summed E-state index contributed by atoms with van der Waals surface area (Å²) in [5, 5.41) is 0.666. The molecule has 0 spiro atoms. The number of anilines is 1. The van der Waals surface area contributed by atoms with Crippen molar-refractivity contribution < 1.29 is 19.0 Å². The second-order valence-corrected chi connectivity index (χ2v) is 9.12. The number of hydrogen-bond acceptors (Lipinski definition) is 7. The molecule has 0 saturated carbocycles. The van der Waals surface area contributed by atoms with E-state index in [0.29, 0.717) is 35.5 Å². The predicted molar refractivity (Wildman–Crippen MR) is 133 cm³/mol. The number of likely N-dealkylation sites (N-methyl/N-ethyl adjacent to an activating group) is 1. The van der Waals surface area contributed by atoms with Crippen molar-refractivity contribution in [3.05, 3.63) is 46.4 Å². The molecule has 3 aromatic rings. The van der Waals surface area contributed by atoms with E-state index in [1.165, 1.54) is 11.3 Å². The van der Waals surface area contributed by atoms with Crippen LogP contribution in [0.5, 0.6) is 17.2 Å². The summed E-state index contributed by atoms with van der Waals surface area (Å²) in [5.74, 6) is 1.41. The lowest BCUT2D eigenvalue weighted by Gasteiger charge is -2.20. The molecule has 7 nitrogen and oxygen atoms in total. The van der Waals surface area contributed by atoms with Crippen LogP contribution < -0.4 is 19.1 Å². The quantitative estimate of drug-likeness (QED) is 0.382. The third-order valence-corrected chi connectivity index (χ3v) is 6.25. The Morgan fingerprint density at radius 3 is 2.34 bits per heavy atom. The first-order valence-electron chi connectivity index (χ1n) is 9.86. The Hall–Kier alpha value is -2.62. The Labute approximate surface area is 200 Å². The van der Waals surface area contributed by atoms with E-state index >= 15 is 0 Å². The molecule has 0 aliphatic carbocycles. The molecule has 0 aliphatic rings. The minimum atomic E-state index is -0.154. The van der Waals surface area contributed by atoms with Crippen LogP contribution in [0.1, 0.15) is 5.56 Å². The lowest BCUT2D eigenvalue weighted by Crippen LogP contribution is -2.35. The maximum absolute atomic E-state index is 13.2. The van der Waals surface area contributed by atoms with Gasteiger partial charge >= 0.3 is 0 Å². The fourth-order valence-corrected chi connectivity index (χ4v) is 4.61. The van der Waals surface area contributed by atoms with E-state index in [-0.39, 0.29) is 5.91 Å². The predicted octanol–water partition coefficient (Wildman–Crippen LogP) is 4.69. The number of rotatable bonds is 9. The maximum Gasteiger partial charge on any atom is 0.252 e. The lowest BCUT2D eigenvalue weighted by atomic mass is 10.1. The highest BCUT2D eigenvalue weighted by molar-refractivity contribution is 9.10. The molecule has 0 saturated heterocycles. The number of thiazole rings is 1. The molecule has 2 aromatic carbocycles. The molecular formula is C23H26BrN3O4S. The molecule has 0 bridgehead atoms. The van der Waals surface area contributed by atoms with Crippen LogP contribution in [0.2, 0.25) is 0 Å². The Morgan fingerprint density at radius 1 is 1.06 bits per heavy atom. The highest BCUT2D eigenvalue weighted by Gasteiger charge is 2.19. The molecular weight excluding hydrogens is 494 g/mol. The van der Waals surface area contributed by atoms with Crippen molar-refractivity contribution in [1.82, 2.24) is 9.88 Å². The highest BCUT2D eigenvalue weighted by atomic mass is 79.9. The Kier molecular flexibility index (Phi) is 8.11. The van der Waals surface area contributed by atoms with E-state index in [9.17, 15) is 4.79 Å². The second kappa shape index (κ2) is 10.8. The number of amides is 1. The third-order valence-electron chi connectivity index (χ3n) is 4.71. The van der Waals surface area contributed by atoms with Crippen molar-refractivity contribution >= 4 is 54.6 Å². The van der Waals surface area contributed by atoms with Crippen LogP contribution in [0.3, 0.4) is 0 Å². The van der Waals surface area contributed by atoms with Crippen molar-refractivity contribution in [3.8, 4) is 17.2 Å². The lowest BCUT2D eigenvalue weighted by molar-refractivity contribution is -0.114. The standard InChI is InChI=1S/C23H26BrN3O4S/c1-26(2)10-11-27(23-25-17-8-7-16(24)14-20(17)32-23)21(28)9-6-15-12-18(29-3)22(31-5)19(13-15)30-4/h6-9,12-14H,10-11H2,1-5H3/b9-6+. The number of fused-ring (bicyclic) bond motifs is 1. The summed E-state index contributed by atoms with van der Waals surface area (Å²) in [6.07, 6.45) is 3.28. The summed E-state index contributed by atoms with van der Waals surface area (Å²) >= 11 is 4.99. The van der Waals surface area contributed by atoms with E-state index in [2.05, 4.69) is 20.9 Å². The number of methoxy groups -OCH3 is 3. The molecule has 3 rings (SSSR count). The van der Waals surface area contributed by atoms with Gasteiger partial charge in [-0.25, -0.2) is 4.98 Å². The van der Waals surface area contributed by atoms with Gasteiger partial charge in [0, 0.05) is 23.6 Å². The van der Waals surface area contributed by atoms with Gasteiger partial charge in [0.2, 0.25) is 5.75 Å². The summed E-state index contributed by atoms with van der Waals surface area (Å²) in [4.78, 5) is 21.6. The average Bonchev–Trinajstić information content (AvgIpc) is 3.19. The van der Waals surface area contributed by atoms with Crippen molar-refractivity contribution in [1.29, 1.82) is 0 Å². The largest absolute Gasteiger partial charge is 0.493 e. The molecule has 1 amide bonds. The maximum atomic E-state index is 13.2. The van der Waals surface area contributed by atoms with Gasteiger partial charge < -0.3 is 19.1 Å². The van der Waals surface area contributed by atoms with Gasteiger partial charge in [-0.15, -0.1) is 0 Å². The van der Waals surface area contributed by atoms with Crippen LogP contribution in [0.25, 0.3) is 16.3 Å². The Bertz CT molecular complexity index is 1100. The monoisotopic (exact) mass is 519 g/mol. The van der Waals surface area contributed by atoms with Crippen molar-refractivity contribution in [2.45, 2.75) is 0 Å². The van der Waals surface area contributed by atoms with Crippen molar-refractivity contribution in [2.75, 3.05) is 53.4 Å². The van der Waals surface area contributed by atoms with Crippen LogP contribution in [-0.4, -0.2) is 64.3 Å². The van der Waals surface area contributed by atoms with Crippen LogP contribution >= 0.6 is 27.3 Å². The van der Waals surface area contributed by atoms with Gasteiger partial charge in [0.15, 0.2) is 16.6 Å². The van der Waals surface area contributed by atoms with Crippen LogP contribution in [0, 0.1) is 0 Å². The SMILES string of the molecule is COc1cc(/C=C/C(=O)N(CCN(C)C)c2nc3ccc(Br)cc3s2)cc(OC)c1OC. The minimum absolute atomic E-state index is 0.154. The Morgan fingerprint density at radius 2 is 1.75 bits per heavy atom. The van der Waals surface area contributed by atoms with Crippen LogP contribution in [0.4, 0.5) is 5.13 Å². The van der Waals surface area contributed by atoms with Gasteiger partial charge in [-0.3, -0.25) is 9.69 Å². The number of halogens is 1. The molecule has 170 valence electrons. The highest BCUT2D eigenvalue weighted by Crippen LogP contribution is 2.38. The first kappa shape index (κ1) is 24.0. The average molecular weight is 520 g/mol. The first-order valence-corrected chi connectivity index (χ1v) is 11.5. The van der Waals surface area contributed by atoms with Crippen LogP contribution in [-0.2, 0) is 4.79 Å². The number of ether oxygens (including phenoxy) is 3. The van der Waals surface area contributed by atoms with Crippen molar-refractivity contribution in [3.63, 3.8) is 0 Å². The minimum Gasteiger partial charge on any atom is -0.493 e. The first-order chi connectivity index (χ1) is 15.4. The Balaban J connectivity index is 1.91. The molecule has 0 unspecified atom stereocenters. The normalized spacial score (nSPS) is 11.3. The molecule has 1 heterocycles. The van der Waals surface area contributed by atoms with Crippen molar-refractivity contribution in [2.24, 2.45) is 0 Å². The summed E-state index contributed by atoms with van der Waals surface area (Å²) in [6.45, 7) is 1.23. The summed E-state index contributed by atoms with van der Waals surface area (Å²) in [7, 11) is 8.63. The molecule has 32 heavy (non-hydrogen) atoms. The van der Waals surface area contributed by atoms with E-state index in [4.69, 9.17) is 14.2 Å². The molecule has 0 aliphatic heterocycles. The fraction of sp³-hybridized carbons (Fsp3) is 0.304. The number of hydrogen-bond donors (Lipinski definition) is 0. The second-order valence-electron chi connectivity index (χ2n) is 7.19. The van der Waals surface area contributed by atoms with E-state index in [1.54, 1.807) is 50.5 Å². The van der Waals surface area contributed by atoms with E-state index in [1.807, 2.05) is 37.2 Å². The molecule has 0 radical (unpaired) electrons. The van der Waals surface area contributed by atoms with Crippen LogP contribution in [0.15, 0.2) is 40.9 Å². The van der Waals surface area contributed by atoms with Gasteiger partial charge in [-0.1, -0.05) is 27.3 Å².